The number of carbonyl (C=O) groups excluding carboxylic acids is 1. The number of likely N-dealkylation sites (N-methyl/N-ethyl adjacent to an activating group) is 1. The minimum Gasteiger partial charge on any atom is -0.355 e. The zero-order chi connectivity index (χ0) is 11.8. The van der Waals surface area contributed by atoms with Crippen molar-refractivity contribution in [2.24, 2.45) is 5.73 Å². The van der Waals surface area contributed by atoms with Crippen molar-refractivity contribution in [1.82, 2.24) is 10.3 Å². The molecule has 1 unspecified atom stereocenters. The molecule has 0 bridgehead atoms. The van der Waals surface area contributed by atoms with Crippen LogP contribution in [0.25, 0.3) is 0 Å². The Labute approximate surface area is 103 Å². The molecule has 0 aliphatic heterocycles. The average Bonchev–Trinajstić information content (AvgIpc) is 2.30. The Balaban J connectivity index is 2.23. The lowest BCUT2D eigenvalue weighted by Gasteiger charge is -2.09. The van der Waals surface area contributed by atoms with E-state index >= 15 is 0 Å². The van der Waals surface area contributed by atoms with Crippen LogP contribution < -0.4 is 11.1 Å². The number of hydrogen-bond acceptors (Lipinski definition) is 5. The molecule has 0 radical (unpaired) electrons. The van der Waals surface area contributed by atoms with Gasteiger partial charge in [-0.25, -0.2) is 4.98 Å². The van der Waals surface area contributed by atoms with Gasteiger partial charge in [0.15, 0.2) is 0 Å². The van der Waals surface area contributed by atoms with E-state index < -0.39 is 6.04 Å². The third-order valence-electron chi connectivity index (χ3n) is 1.72. The van der Waals surface area contributed by atoms with Gasteiger partial charge < -0.3 is 11.1 Å². The monoisotopic (exact) mass is 257 g/mol. The van der Waals surface area contributed by atoms with Gasteiger partial charge in [0.1, 0.15) is 5.03 Å². The first-order valence-electron chi connectivity index (χ1n) is 4.97. The molecular weight excluding hydrogens is 242 g/mol. The summed E-state index contributed by atoms with van der Waals surface area (Å²) in [5.41, 5.74) is 5.70. The minimum absolute atomic E-state index is 0.100. The molecule has 1 aromatic rings. The third kappa shape index (κ3) is 4.87. The fourth-order valence-electron chi connectivity index (χ4n) is 0.945. The van der Waals surface area contributed by atoms with Crippen molar-refractivity contribution in [2.75, 3.05) is 12.3 Å². The molecule has 1 atom stereocenters. The number of rotatable bonds is 6. The average molecular weight is 257 g/mol. The van der Waals surface area contributed by atoms with Gasteiger partial charge in [0.05, 0.1) is 6.04 Å². The van der Waals surface area contributed by atoms with Crippen LogP contribution >= 0.6 is 21.6 Å². The molecule has 0 aliphatic carbocycles. The quantitative estimate of drug-likeness (QED) is 0.752. The Morgan fingerprint density at radius 3 is 3.06 bits per heavy atom. The van der Waals surface area contributed by atoms with Crippen LogP contribution in [0.5, 0.6) is 0 Å². The third-order valence-corrected chi connectivity index (χ3v) is 4.02. The predicted molar refractivity (Wildman–Crippen MR) is 69.2 cm³/mol. The number of pyridine rings is 1. The summed E-state index contributed by atoms with van der Waals surface area (Å²) in [6, 6.07) is 5.27. The SMILES string of the molecule is CCNC(=O)C(N)CSSc1ccccn1. The molecule has 0 aliphatic rings. The number of nitrogens with zero attached hydrogens (tertiary/aromatic N) is 1. The number of carbonyl (C=O) groups is 1. The normalized spacial score (nSPS) is 12.1. The summed E-state index contributed by atoms with van der Waals surface area (Å²) in [5, 5.41) is 3.62. The molecule has 6 heteroatoms. The number of hydrogen-bond donors (Lipinski definition) is 2. The van der Waals surface area contributed by atoms with Gasteiger partial charge in [0.25, 0.3) is 0 Å². The highest BCUT2D eigenvalue weighted by Gasteiger charge is 2.12. The zero-order valence-electron chi connectivity index (χ0n) is 9.05. The van der Waals surface area contributed by atoms with Crippen LogP contribution in [-0.2, 0) is 4.79 Å². The van der Waals surface area contributed by atoms with Crippen LogP contribution in [-0.4, -0.2) is 29.2 Å². The van der Waals surface area contributed by atoms with Crippen molar-refractivity contribution in [3.8, 4) is 0 Å². The van der Waals surface area contributed by atoms with Crippen LogP contribution in [0.1, 0.15) is 6.92 Å². The maximum Gasteiger partial charge on any atom is 0.237 e. The second-order valence-electron chi connectivity index (χ2n) is 3.04. The van der Waals surface area contributed by atoms with E-state index in [9.17, 15) is 4.79 Å². The van der Waals surface area contributed by atoms with Crippen LogP contribution in [0.2, 0.25) is 0 Å². The predicted octanol–water partition coefficient (Wildman–Crippen LogP) is 1.29. The smallest absolute Gasteiger partial charge is 0.237 e. The molecule has 0 spiro atoms. The molecule has 16 heavy (non-hydrogen) atoms. The fourth-order valence-corrected chi connectivity index (χ4v) is 2.97. The highest BCUT2D eigenvalue weighted by Crippen LogP contribution is 2.28. The van der Waals surface area contributed by atoms with E-state index in [4.69, 9.17) is 5.73 Å². The molecule has 88 valence electrons. The Morgan fingerprint density at radius 2 is 2.44 bits per heavy atom. The molecule has 1 aromatic heterocycles. The van der Waals surface area contributed by atoms with Crippen molar-refractivity contribution in [1.29, 1.82) is 0 Å². The summed E-state index contributed by atoms with van der Waals surface area (Å²) in [6.07, 6.45) is 1.74. The van der Waals surface area contributed by atoms with E-state index in [0.29, 0.717) is 12.3 Å². The van der Waals surface area contributed by atoms with Gasteiger partial charge in [-0.3, -0.25) is 4.79 Å². The summed E-state index contributed by atoms with van der Waals surface area (Å²) in [7, 11) is 3.07. The second kappa shape index (κ2) is 7.54. The molecule has 0 saturated heterocycles. The molecule has 0 saturated carbocycles. The summed E-state index contributed by atoms with van der Waals surface area (Å²) < 4.78 is 0. The number of nitrogens with one attached hydrogen (secondary N) is 1. The molecule has 1 amide bonds. The van der Waals surface area contributed by atoms with Crippen LogP contribution in [0.4, 0.5) is 0 Å². The van der Waals surface area contributed by atoms with Crippen LogP contribution in [0.3, 0.4) is 0 Å². The van der Waals surface area contributed by atoms with Gasteiger partial charge in [-0.15, -0.1) is 0 Å². The van der Waals surface area contributed by atoms with Gasteiger partial charge >= 0.3 is 0 Å². The maximum absolute atomic E-state index is 11.3. The minimum atomic E-state index is -0.457. The van der Waals surface area contributed by atoms with Crippen LogP contribution in [0, 0.1) is 0 Å². The number of amides is 1. The van der Waals surface area contributed by atoms with Crippen molar-refractivity contribution >= 4 is 27.5 Å². The summed E-state index contributed by atoms with van der Waals surface area (Å²) in [5.74, 6) is 0.476. The van der Waals surface area contributed by atoms with Gasteiger partial charge in [-0.2, -0.15) is 0 Å². The highest BCUT2D eigenvalue weighted by molar-refractivity contribution is 8.76. The number of nitrogens with two attached hydrogens (primary N) is 1. The molecule has 1 rings (SSSR count). The molecule has 3 N–H and O–H groups in total. The van der Waals surface area contributed by atoms with E-state index in [0.717, 1.165) is 5.03 Å². The van der Waals surface area contributed by atoms with E-state index in [-0.39, 0.29) is 5.91 Å². The van der Waals surface area contributed by atoms with E-state index in [2.05, 4.69) is 10.3 Å². The lowest BCUT2D eigenvalue weighted by atomic mass is 10.3. The van der Waals surface area contributed by atoms with Gasteiger partial charge in [-0.05, 0) is 29.9 Å². The fraction of sp³-hybridized carbons (Fsp3) is 0.400. The Bertz CT molecular complexity index is 321. The molecule has 4 nitrogen and oxygen atoms in total. The van der Waals surface area contributed by atoms with E-state index in [1.165, 1.54) is 21.6 Å². The van der Waals surface area contributed by atoms with E-state index in [1.807, 2.05) is 25.1 Å². The Hall–Kier alpha value is -0.720. The van der Waals surface area contributed by atoms with Gasteiger partial charge in [0.2, 0.25) is 5.91 Å². The molecule has 0 aromatic carbocycles. The van der Waals surface area contributed by atoms with Gasteiger partial charge in [0, 0.05) is 18.5 Å². The largest absolute Gasteiger partial charge is 0.355 e. The zero-order valence-corrected chi connectivity index (χ0v) is 10.7. The van der Waals surface area contributed by atoms with Gasteiger partial charge in [-0.1, -0.05) is 16.9 Å². The number of aromatic nitrogens is 1. The lowest BCUT2D eigenvalue weighted by Crippen LogP contribution is -2.41. The summed E-state index contributed by atoms with van der Waals surface area (Å²) in [4.78, 5) is 15.5. The summed E-state index contributed by atoms with van der Waals surface area (Å²) >= 11 is 0. The Kier molecular flexibility index (Phi) is 6.29. The molecule has 1 heterocycles. The summed E-state index contributed by atoms with van der Waals surface area (Å²) in [6.45, 7) is 2.49. The van der Waals surface area contributed by atoms with Crippen molar-refractivity contribution in [3.05, 3.63) is 24.4 Å². The second-order valence-corrected chi connectivity index (χ2v) is 5.40. The maximum atomic E-state index is 11.3. The van der Waals surface area contributed by atoms with E-state index in [1.54, 1.807) is 6.20 Å². The topological polar surface area (TPSA) is 68.0 Å². The first-order chi connectivity index (χ1) is 7.74. The first kappa shape index (κ1) is 13.3. The Morgan fingerprint density at radius 1 is 1.62 bits per heavy atom. The van der Waals surface area contributed by atoms with Crippen molar-refractivity contribution < 1.29 is 4.79 Å². The van der Waals surface area contributed by atoms with Crippen molar-refractivity contribution in [3.63, 3.8) is 0 Å². The highest BCUT2D eigenvalue weighted by atomic mass is 33.1. The first-order valence-corrected chi connectivity index (χ1v) is 7.29. The molecular formula is C10H15N3OS2. The standard InChI is InChI=1S/C10H15N3OS2/c1-2-12-10(14)8(11)7-15-16-9-5-3-4-6-13-9/h3-6,8H,2,7,11H2,1H3,(H,12,14). The van der Waals surface area contributed by atoms with Crippen molar-refractivity contribution in [2.45, 2.75) is 18.0 Å². The lowest BCUT2D eigenvalue weighted by molar-refractivity contribution is -0.121. The van der Waals surface area contributed by atoms with Crippen LogP contribution in [0.15, 0.2) is 29.4 Å². The molecule has 0 fully saturated rings.